The van der Waals surface area contributed by atoms with E-state index in [9.17, 15) is 0 Å². The quantitative estimate of drug-likeness (QED) is 0.933. The van der Waals surface area contributed by atoms with Gasteiger partial charge in [0.15, 0.2) is 0 Å². The third kappa shape index (κ3) is 3.65. The van der Waals surface area contributed by atoms with E-state index in [4.69, 9.17) is 16.1 Å². The Kier molecular flexibility index (Phi) is 4.26. The summed E-state index contributed by atoms with van der Waals surface area (Å²) in [6.07, 6.45) is 0. The van der Waals surface area contributed by atoms with E-state index in [1.54, 1.807) is 0 Å². The topological polar surface area (TPSA) is 57.4 Å². The minimum Gasteiger partial charge on any atom is -0.376 e. The Morgan fingerprint density at radius 1 is 1.29 bits per heavy atom. The van der Waals surface area contributed by atoms with Gasteiger partial charge in [-0.1, -0.05) is 17.7 Å². The lowest BCUT2D eigenvalue weighted by atomic mass is 10.3. The number of nitrogens with one attached hydrogen (secondary N) is 1. The van der Waals surface area contributed by atoms with Crippen molar-refractivity contribution in [2.75, 3.05) is 43.4 Å². The van der Waals surface area contributed by atoms with E-state index in [0.29, 0.717) is 23.4 Å². The molecule has 0 atom stereocenters. The molecule has 0 radical (unpaired) electrons. The van der Waals surface area contributed by atoms with Crippen molar-refractivity contribution in [2.24, 2.45) is 0 Å². The Morgan fingerprint density at radius 2 is 2.10 bits per heavy atom. The smallest absolute Gasteiger partial charge is 0.266 e. The number of piperazine rings is 1. The average Bonchev–Trinajstić information content (AvgIpc) is 2.95. The van der Waals surface area contributed by atoms with Gasteiger partial charge in [-0.25, -0.2) is 0 Å². The zero-order valence-electron chi connectivity index (χ0n) is 11.9. The summed E-state index contributed by atoms with van der Waals surface area (Å²) in [6.45, 7) is 4.38. The molecule has 1 fully saturated rings. The lowest BCUT2D eigenvalue weighted by molar-refractivity contribution is 0.308. The standard InChI is InChI=1S/C14H18ClN5O/c1-19-5-7-20(8-6-19)14-17-13(21-18-14)10-16-12-4-2-3-11(15)9-12/h2-4,9,16H,5-8,10H2,1H3. The van der Waals surface area contributed by atoms with Crippen LogP contribution in [-0.2, 0) is 6.54 Å². The molecule has 112 valence electrons. The first kappa shape index (κ1) is 14.2. The summed E-state index contributed by atoms with van der Waals surface area (Å²) < 4.78 is 5.28. The van der Waals surface area contributed by atoms with Crippen molar-refractivity contribution in [1.82, 2.24) is 15.0 Å². The first-order valence-corrected chi connectivity index (χ1v) is 7.34. The number of aromatic nitrogens is 2. The van der Waals surface area contributed by atoms with Crippen LogP contribution in [0.3, 0.4) is 0 Å². The van der Waals surface area contributed by atoms with E-state index in [0.717, 1.165) is 31.9 Å². The van der Waals surface area contributed by atoms with Gasteiger partial charge in [-0.15, -0.1) is 0 Å². The van der Waals surface area contributed by atoms with Crippen LogP contribution in [0.15, 0.2) is 28.8 Å². The Morgan fingerprint density at radius 3 is 2.86 bits per heavy atom. The van der Waals surface area contributed by atoms with E-state index < -0.39 is 0 Å². The molecule has 1 aromatic carbocycles. The molecule has 0 saturated carbocycles. The summed E-state index contributed by atoms with van der Waals surface area (Å²) in [7, 11) is 2.12. The predicted molar refractivity (Wildman–Crippen MR) is 82.8 cm³/mol. The second-order valence-electron chi connectivity index (χ2n) is 5.14. The second kappa shape index (κ2) is 6.32. The van der Waals surface area contributed by atoms with Gasteiger partial charge in [0.05, 0.1) is 6.54 Å². The first-order valence-electron chi connectivity index (χ1n) is 6.96. The molecule has 1 saturated heterocycles. The van der Waals surface area contributed by atoms with E-state index >= 15 is 0 Å². The molecule has 2 aromatic rings. The zero-order valence-corrected chi connectivity index (χ0v) is 12.7. The Balaban J connectivity index is 1.58. The van der Waals surface area contributed by atoms with Crippen LogP contribution in [0.1, 0.15) is 5.89 Å². The van der Waals surface area contributed by atoms with Crippen LogP contribution in [0.2, 0.25) is 5.02 Å². The van der Waals surface area contributed by atoms with Crippen molar-refractivity contribution in [1.29, 1.82) is 0 Å². The fraction of sp³-hybridized carbons (Fsp3) is 0.429. The number of hydrogen-bond acceptors (Lipinski definition) is 6. The van der Waals surface area contributed by atoms with Gasteiger partial charge in [0.2, 0.25) is 5.89 Å². The fourth-order valence-electron chi connectivity index (χ4n) is 2.23. The number of nitrogens with zero attached hydrogens (tertiary/aromatic N) is 4. The van der Waals surface area contributed by atoms with Crippen molar-refractivity contribution >= 4 is 23.2 Å². The number of hydrogen-bond donors (Lipinski definition) is 1. The maximum atomic E-state index is 5.94. The lowest BCUT2D eigenvalue weighted by Gasteiger charge is -2.31. The monoisotopic (exact) mass is 307 g/mol. The molecule has 21 heavy (non-hydrogen) atoms. The number of halogens is 1. The van der Waals surface area contributed by atoms with Crippen LogP contribution in [0.25, 0.3) is 0 Å². The van der Waals surface area contributed by atoms with E-state index in [-0.39, 0.29) is 0 Å². The van der Waals surface area contributed by atoms with Gasteiger partial charge in [0.1, 0.15) is 0 Å². The highest BCUT2D eigenvalue weighted by Crippen LogP contribution is 2.16. The zero-order chi connectivity index (χ0) is 14.7. The average molecular weight is 308 g/mol. The van der Waals surface area contributed by atoms with E-state index in [2.05, 4.69) is 32.3 Å². The highest BCUT2D eigenvalue weighted by Gasteiger charge is 2.18. The molecule has 0 amide bonds. The minimum atomic E-state index is 0.487. The molecular weight excluding hydrogens is 290 g/mol. The van der Waals surface area contributed by atoms with Gasteiger partial charge in [-0.2, -0.15) is 4.98 Å². The van der Waals surface area contributed by atoms with Gasteiger partial charge in [-0.3, -0.25) is 0 Å². The van der Waals surface area contributed by atoms with Crippen LogP contribution in [-0.4, -0.2) is 48.3 Å². The predicted octanol–water partition coefficient (Wildman–Crippen LogP) is 2.09. The summed E-state index contributed by atoms with van der Waals surface area (Å²) in [5.41, 5.74) is 0.932. The lowest BCUT2D eigenvalue weighted by Crippen LogP contribution is -2.44. The Hall–Kier alpha value is -1.79. The molecule has 1 aliphatic rings. The van der Waals surface area contributed by atoms with Gasteiger partial charge in [-0.05, 0) is 30.4 Å². The molecule has 6 nitrogen and oxygen atoms in total. The number of rotatable bonds is 4. The third-order valence-electron chi connectivity index (χ3n) is 3.51. The molecule has 3 rings (SSSR count). The normalized spacial score (nSPS) is 16.2. The van der Waals surface area contributed by atoms with Crippen molar-refractivity contribution in [3.8, 4) is 0 Å². The van der Waals surface area contributed by atoms with Gasteiger partial charge < -0.3 is 19.6 Å². The van der Waals surface area contributed by atoms with Crippen LogP contribution in [0.4, 0.5) is 11.6 Å². The molecule has 1 N–H and O–H groups in total. The van der Waals surface area contributed by atoms with Gasteiger partial charge in [0, 0.05) is 36.9 Å². The van der Waals surface area contributed by atoms with Gasteiger partial charge >= 0.3 is 0 Å². The second-order valence-corrected chi connectivity index (χ2v) is 5.58. The molecule has 1 aliphatic heterocycles. The number of benzene rings is 1. The van der Waals surface area contributed by atoms with Crippen LogP contribution < -0.4 is 10.2 Å². The summed E-state index contributed by atoms with van der Waals surface area (Å²) in [5, 5.41) is 7.97. The van der Waals surface area contributed by atoms with Gasteiger partial charge in [0.25, 0.3) is 5.95 Å². The molecular formula is C14H18ClN5O. The highest BCUT2D eigenvalue weighted by atomic mass is 35.5. The SMILES string of the molecule is CN1CCN(c2noc(CNc3cccc(Cl)c3)n2)CC1. The van der Waals surface area contributed by atoms with Crippen LogP contribution in [0.5, 0.6) is 0 Å². The fourth-order valence-corrected chi connectivity index (χ4v) is 2.42. The molecule has 2 heterocycles. The Labute approximate surface area is 128 Å². The van der Waals surface area contributed by atoms with Crippen molar-refractivity contribution in [3.05, 3.63) is 35.2 Å². The summed E-state index contributed by atoms with van der Waals surface area (Å²) in [6, 6.07) is 7.54. The summed E-state index contributed by atoms with van der Waals surface area (Å²) in [5.74, 6) is 1.25. The molecule has 0 aliphatic carbocycles. The summed E-state index contributed by atoms with van der Waals surface area (Å²) >= 11 is 5.94. The molecule has 0 unspecified atom stereocenters. The molecule has 0 spiro atoms. The minimum absolute atomic E-state index is 0.487. The Bertz CT molecular complexity index is 595. The molecule has 1 aromatic heterocycles. The third-order valence-corrected chi connectivity index (χ3v) is 3.75. The summed E-state index contributed by atoms with van der Waals surface area (Å²) in [4.78, 5) is 8.87. The van der Waals surface area contributed by atoms with Crippen molar-refractivity contribution in [3.63, 3.8) is 0 Å². The highest BCUT2D eigenvalue weighted by molar-refractivity contribution is 6.30. The van der Waals surface area contributed by atoms with E-state index in [1.807, 2.05) is 24.3 Å². The molecule has 0 bridgehead atoms. The maximum absolute atomic E-state index is 5.94. The molecule has 7 heteroatoms. The van der Waals surface area contributed by atoms with Crippen molar-refractivity contribution < 1.29 is 4.52 Å². The number of likely N-dealkylation sites (N-methyl/N-ethyl adjacent to an activating group) is 1. The van der Waals surface area contributed by atoms with E-state index in [1.165, 1.54) is 0 Å². The van der Waals surface area contributed by atoms with Crippen molar-refractivity contribution in [2.45, 2.75) is 6.54 Å². The number of anilines is 2. The largest absolute Gasteiger partial charge is 0.376 e. The first-order chi connectivity index (χ1) is 10.2. The van der Waals surface area contributed by atoms with Crippen LogP contribution in [0, 0.1) is 0 Å². The maximum Gasteiger partial charge on any atom is 0.266 e. The van der Waals surface area contributed by atoms with Crippen LogP contribution >= 0.6 is 11.6 Å².